The smallest absolute Gasteiger partial charge is 0.131 e. The Balaban J connectivity index is 2.66. The van der Waals surface area contributed by atoms with E-state index >= 15 is 0 Å². The molecule has 0 aromatic heterocycles. The number of ether oxygens (including phenoxy) is 1. The number of methoxy groups -OCH3 is 1. The molecule has 2 nitrogen and oxygen atoms in total. The van der Waals surface area contributed by atoms with Gasteiger partial charge in [0.1, 0.15) is 11.6 Å². The molecule has 2 aromatic rings. The highest BCUT2D eigenvalue weighted by Crippen LogP contribution is 2.32. The van der Waals surface area contributed by atoms with Crippen molar-refractivity contribution in [3.05, 3.63) is 60.4 Å². The topological polar surface area (TPSA) is 33.0 Å². The zero-order chi connectivity index (χ0) is 13.8. The molecular weight excluding hydrogens is 241 g/mol. The predicted octanol–water partition coefficient (Wildman–Crippen LogP) is 4.04. The van der Waals surface area contributed by atoms with Gasteiger partial charge in [-0.2, -0.15) is 5.26 Å². The zero-order valence-corrected chi connectivity index (χ0v) is 10.5. The van der Waals surface area contributed by atoms with Gasteiger partial charge in [0.15, 0.2) is 0 Å². The Bertz CT molecular complexity index is 671. The number of hydrogen-bond donors (Lipinski definition) is 0. The number of halogens is 1. The third kappa shape index (κ3) is 2.48. The van der Waals surface area contributed by atoms with Crippen LogP contribution < -0.4 is 4.74 Å². The third-order valence-corrected chi connectivity index (χ3v) is 2.85. The molecule has 0 atom stereocenters. The Hall–Kier alpha value is -2.60. The van der Waals surface area contributed by atoms with Gasteiger partial charge < -0.3 is 4.74 Å². The van der Waals surface area contributed by atoms with Crippen molar-refractivity contribution in [2.24, 2.45) is 0 Å². The second-order valence-electron chi connectivity index (χ2n) is 3.98. The first-order valence-electron chi connectivity index (χ1n) is 5.69. The number of benzene rings is 2. The lowest BCUT2D eigenvalue weighted by Gasteiger charge is -2.10. The Kier molecular flexibility index (Phi) is 3.63. The fourth-order valence-corrected chi connectivity index (χ4v) is 1.88. The van der Waals surface area contributed by atoms with Crippen LogP contribution >= 0.6 is 0 Å². The second-order valence-corrected chi connectivity index (χ2v) is 3.98. The van der Waals surface area contributed by atoms with Crippen molar-refractivity contribution in [3.8, 4) is 22.9 Å². The van der Waals surface area contributed by atoms with Gasteiger partial charge in [-0.15, -0.1) is 0 Å². The van der Waals surface area contributed by atoms with Crippen LogP contribution in [-0.2, 0) is 0 Å². The van der Waals surface area contributed by atoms with Crippen molar-refractivity contribution in [1.82, 2.24) is 0 Å². The molecule has 0 aliphatic carbocycles. The standard InChI is InChI=1S/C16H12FNO/c1-11(10-18)13-5-3-4-6-14(13)15-9-12(19-2)7-8-16(15)17/h3-9H,1H2,2H3. The predicted molar refractivity (Wildman–Crippen MR) is 73.0 cm³/mol. The molecule has 3 heteroatoms. The van der Waals surface area contributed by atoms with Crippen molar-refractivity contribution >= 4 is 5.57 Å². The molecule has 2 aromatic carbocycles. The summed E-state index contributed by atoms with van der Waals surface area (Å²) in [5.41, 5.74) is 1.95. The molecule has 0 saturated carbocycles. The van der Waals surface area contributed by atoms with E-state index in [1.165, 1.54) is 13.2 Å². The first kappa shape index (κ1) is 12.8. The van der Waals surface area contributed by atoms with E-state index in [1.807, 2.05) is 6.07 Å². The fraction of sp³-hybridized carbons (Fsp3) is 0.0625. The highest BCUT2D eigenvalue weighted by Gasteiger charge is 2.12. The van der Waals surface area contributed by atoms with E-state index < -0.39 is 0 Å². The molecule has 2 rings (SSSR count). The lowest BCUT2D eigenvalue weighted by Crippen LogP contribution is -1.92. The fourth-order valence-electron chi connectivity index (χ4n) is 1.88. The molecule has 0 aliphatic rings. The molecule has 0 spiro atoms. The van der Waals surface area contributed by atoms with E-state index in [9.17, 15) is 4.39 Å². The van der Waals surface area contributed by atoms with Gasteiger partial charge in [-0.25, -0.2) is 4.39 Å². The van der Waals surface area contributed by atoms with Gasteiger partial charge in [-0.3, -0.25) is 0 Å². The molecule has 94 valence electrons. The molecule has 0 unspecified atom stereocenters. The highest BCUT2D eigenvalue weighted by atomic mass is 19.1. The first-order valence-corrected chi connectivity index (χ1v) is 5.69. The molecule has 0 aliphatic heterocycles. The molecule has 0 radical (unpaired) electrons. The quantitative estimate of drug-likeness (QED) is 0.773. The van der Waals surface area contributed by atoms with Gasteiger partial charge in [0.05, 0.1) is 18.8 Å². The van der Waals surface area contributed by atoms with Crippen LogP contribution in [0.3, 0.4) is 0 Å². The number of nitriles is 1. The normalized spacial score (nSPS) is 9.74. The van der Waals surface area contributed by atoms with Gasteiger partial charge in [0.2, 0.25) is 0 Å². The summed E-state index contributed by atoms with van der Waals surface area (Å²) < 4.78 is 19.1. The molecular formula is C16H12FNO. The van der Waals surface area contributed by atoms with E-state index in [2.05, 4.69) is 6.58 Å². The van der Waals surface area contributed by atoms with Gasteiger partial charge in [-0.1, -0.05) is 30.8 Å². The maximum Gasteiger partial charge on any atom is 0.131 e. The van der Waals surface area contributed by atoms with Crippen LogP contribution in [0.2, 0.25) is 0 Å². The monoisotopic (exact) mass is 253 g/mol. The minimum atomic E-state index is -0.362. The maximum absolute atomic E-state index is 14.0. The van der Waals surface area contributed by atoms with Crippen LogP contribution in [0, 0.1) is 17.1 Å². The van der Waals surface area contributed by atoms with Gasteiger partial charge >= 0.3 is 0 Å². The summed E-state index contributed by atoms with van der Waals surface area (Å²) in [5, 5.41) is 8.96. The number of allylic oxidation sites excluding steroid dienone is 1. The van der Waals surface area contributed by atoms with Crippen molar-refractivity contribution in [2.75, 3.05) is 7.11 Å². The van der Waals surface area contributed by atoms with Gasteiger partial charge in [0, 0.05) is 5.56 Å². The van der Waals surface area contributed by atoms with Crippen LogP contribution in [-0.4, -0.2) is 7.11 Å². The molecule has 0 N–H and O–H groups in total. The first-order chi connectivity index (χ1) is 9.17. The van der Waals surface area contributed by atoms with Crippen LogP contribution in [0.4, 0.5) is 4.39 Å². The Morgan fingerprint density at radius 1 is 1.21 bits per heavy atom. The van der Waals surface area contributed by atoms with Crippen molar-refractivity contribution < 1.29 is 9.13 Å². The van der Waals surface area contributed by atoms with E-state index in [0.717, 1.165) is 0 Å². The molecule has 0 heterocycles. The van der Waals surface area contributed by atoms with Crippen molar-refractivity contribution in [2.45, 2.75) is 0 Å². The summed E-state index contributed by atoms with van der Waals surface area (Å²) >= 11 is 0. The van der Waals surface area contributed by atoms with Crippen molar-refractivity contribution in [1.29, 1.82) is 5.26 Å². The van der Waals surface area contributed by atoms with E-state index in [1.54, 1.807) is 36.4 Å². The highest BCUT2D eigenvalue weighted by molar-refractivity contribution is 5.86. The summed E-state index contributed by atoms with van der Waals surface area (Å²) in [7, 11) is 1.52. The summed E-state index contributed by atoms with van der Waals surface area (Å²) in [6.45, 7) is 3.69. The lowest BCUT2D eigenvalue weighted by molar-refractivity contribution is 0.414. The van der Waals surface area contributed by atoms with Gasteiger partial charge in [0.25, 0.3) is 0 Å². The van der Waals surface area contributed by atoms with Crippen molar-refractivity contribution in [3.63, 3.8) is 0 Å². The summed E-state index contributed by atoms with van der Waals surface area (Å²) in [4.78, 5) is 0. The van der Waals surface area contributed by atoms with E-state index in [-0.39, 0.29) is 5.82 Å². The average molecular weight is 253 g/mol. The molecule has 0 bridgehead atoms. The maximum atomic E-state index is 14.0. The largest absolute Gasteiger partial charge is 0.497 e. The molecule has 0 amide bonds. The van der Waals surface area contributed by atoms with Gasteiger partial charge in [-0.05, 0) is 29.3 Å². The minimum absolute atomic E-state index is 0.304. The summed E-state index contributed by atoms with van der Waals surface area (Å²) in [5.74, 6) is 0.202. The molecule has 0 fully saturated rings. The molecule has 0 saturated heterocycles. The van der Waals surface area contributed by atoms with Crippen LogP contribution in [0.25, 0.3) is 16.7 Å². The summed E-state index contributed by atoms with van der Waals surface area (Å²) in [6, 6.07) is 13.6. The minimum Gasteiger partial charge on any atom is -0.497 e. The van der Waals surface area contributed by atoms with E-state index in [0.29, 0.717) is 28.0 Å². The van der Waals surface area contributed by atoms with Crippen LogP contribution in [0.5, 0.6) is 5.75 Å². The molecule has 19 heavy (non-hydrogen) atoms. The van der Waals surface area contributed by atoms with Crippen LogP contribution in [0.1, 0.15) is 5.56 Å². The Labute approximate surface area is 111 Å². The zero-order valence-electron chi connectivity index (χ0n) is 10.5. The number of nitrogens with zero attached hydrogens (tertiary/aromatic N) is 1. The number of hydrogen-bond acceptors (Lipinski definition) is 2. The van der Waals surface area contributed by atoms with E-state index in [4.69, 9.17) is 10.00 Å². The Morgan fingerprint density at radius 3 is 2.63 bits per heavy atom. The summed E-state index contributed by atoms with van der Waals surface area (Å²) in [6.07, 6.45) is 0. The third-order valence-electron chi connectivity index (χ3n) is 2.85. The SMILES string of the molecule is C=C(C#N)c1ccccc1-c1cc(OC)ccc1F. The Morgan fingerprint density at radius 2 is 1.95 bits per heavy atom. The van der Waals surface area contributed by atoms with Crippen LogP contribution in [0.15, 0.2) is 49.0 Å². The number of rotatable bonds is 3. The average Bonchev–Trinajstić information content (AvgIpc) is 2.47. The second kappa shape index (κ2) is 5.36. The lowest BCUT2D eigenvalue weighted by atomic mass is 9.95.